The van der Waals surface area contributed by atoms with Crippen molar-refractivity contribution in [2.75, 3.05) is 11.3 Å². The molecule has 1 aliphatic heterocycles. The van der Waals surface area contributed by atoms with Crippen LogP contribution in [0.2, 0.25) is 0 Å². The van der Waals surface area contributed by atoms with Gasteiger partial charge in [-0.15, -0.1) is 0 Å². The summed E-state index contributed by atoms with van der Waals surface area (Å²) in [5, 5.41) is 8.54. The second-order valence-electron chi connectivity index (χ2n) is 13.1. The Labute approximate surface area is 273 Å². The molecule has 0 saturated heterocycles. The first kappa shape index (κ1) is 33.0. The summed E-state index contributed by atoms with van der Waals surface area (Å²) in [7, 11) is -3.57. The minimum Gasteiger partial charge on any atom is -0.295 e. The lowest BCUT2D eigenvalue weighted by Crippen LogP contribution is -2.47. The Morgan fingerprint density at radius 3 is 2.15 bits per heavy atom. The van der Waals surface area contributed by atoms with Crippen LogP contribution in [0.3, 0.4) is 0 Å². The summed E-state index contributed by atoms with van der Waals surface area (Å²) in [4.78, 5) is 19.1. The molecule has 2 heterocycles. The number of nitrogens with zero attached hydrogens (tertiary/aromatic N) is 4. The zero-order chi connectivity index (χ0) is 33.0. The summed E-state index contributed by atoms with van der Waals surface area (Å²) in [6.07, 6.45) is 3.02. The molecule has 1 aliphatic rings. The molecule has 0 radical (unpaired) electrons. The average Bonchev–Trinajstić information content (AvgIpc) is 3.32. The lowest BCUT2D eigenvalue weighted by Gasteiger charge is -2.34. The molecule has 0 fully saturated rings. The number of carbonyl (C=O) groups excluding carboxylic acids is 1. The summed E-state index contributed by atoms with van der Waals surface area (Å²) in [5.41, 5.74) is 6.52. The van der Waals surface area contributed by atoms with E-state index in [0.29, 0.717) is 30.8 Å². The van der Waals surface area contributed by atoms with Gasteiger partial charge < -0.3 is 0 Å². The molecule has 0 spiro atoms. The minimum absolute atomic E-state index is 0.0750. The Morgan fingerprint density at radius 1 is 0.848 bits per heavy atom. The smallest absolute Gasteiger partial charge is 0.295 e. The monoisotopic (exact) mass is 637 g/mol. The molecule has 0 saturated carbocycles. The highest BCUT2D eigenvalue weighted by Gasteiger charge is 2.43. The van der Waals surface area contributed by atoms with Crippen molar-refractivity contribution in [2.45, 2.75) is 77.1 Å². The van der Waals surface area contributed by atoms with Crippen LogP contribution >= 0.6 is 0 Å². The van der Waals surface area contributed by atoms with Gasteiger partial charge >= 0.3 is 6.03 Å². The van der Waals surface area contributed by atoms with Gasteiger partial charge in [0.25, 0.3) is 0 Å². The van der Waals surface area contributed by atoms with Gasteiger partial charge in [0.15, 0.2) is 5.66 Å². The number of hydrogen-bond donors (Lipinski definition) is 1. The van der Waals surface area contributed by atoms with Crippen molar-refractivity contribution in [1.82, 2.24) is 9.88 Å². The molecule has 3 aromatic carbocycles. The van der Waals surface area contributed by atoms with Crippen LogP contribution in [0.1, 0.15) is 68.5 Å². The number of anilines is 1. The third-order valence-electron chi connectivity index (χ3n) is 8.52. The largest absolute Gasteiger partial charge is 0.363 e. The van der Waals surface area contributed by atoms with Gasteiger partial charge in [-0.2, -0.15) is 5.11 Å². The number of rotatable bonds is 12. The van der Waals surface area contributed by atoms with Crippen LogP contribution in [0.5, 0.6) is 0 Å². The summed E-state index contributed by atoms with van der Waals surface area (Å²) in [6.45, 7) is 10.9. The van der Waals surface area contributed by atoms with Gasteiger partial charge in [-0.25, -0.2) is 13.2 Å². The lowest BCUT2D eigenvalue weighted by atomic mass is 9.85. The molecule has 4 aromatic rings. The van der Waals surface area contributed by atoms with Crippen LogP contribution in [-0.2, 0) is 34.0 Å². The number of amides is 2. The molecule has 1 N–H and O–H groups in total. The van der Waals surface area contributed by atoms with E-state index in [1.165, 1.54) is 11.1 Å². The fraction of sp³-hybridized carbons (Fsp3) is 0.351. The van der Waals surface area contributed by atoms with Gasteiger partial charge in [-0.05, 0) is 72.9 Å². The quantitative estimate of drug-likeness (QED) is 0.168. The maximum Gasteiger partial charge on any atom is 0.363 e. The molecule has 46 heavy (non-hydrogen) atoms. The van der Waals surface area contributed by atoms with Crippen LogP contribution < -0.4 is 4.72 Å². The molecule has 0 aliphatic carbocycles. The predicted molar refractivity (Wildman–Crippen MR) is 184 cm³/mol. The molecule has 2 amide bonds. The maximum absolute atomic E-state index is 12.7. The number of sulfonamides is 1. The Kier molecular flexibility index (Phi) is 9.72. The van der Waals surface area contributed by atoms with E-state index in [2.05, 4.69) is 77.1 Å². The fourth-order valence-corrected chi connectivity index (χ4v) is 7.20. The van der Waals surface area contributed by atoms with Gasteiger partial charge in [-0.3, -0.25) is 14.6 Å². The number of aryl methyl sites for hydroxylation is 2. The average molecular weight is 638 g/mol. The summed E-state index contributed by atoms with van der Waals surface area (Å²) >= 11 is 0. The summed E-state index contributed by atoms with van der Waals surface area (Å²) in [6, 6.07) is 29.3. The highest BCUT2D eigenvalue weighted by Crippen LogP contribution is 2.35. The highest BCUT2D eigenvalue weighted by atomic mass is 32.2. The Balaban J connectivity index is 1.22. The van der Waals surface area contributed by atoms with Gasteiger partial charge in [0.2, 0.25) is 10.0 Å². The van der Waals surface area contributed by atoms with Gasteiger partial charge in [0.1, 0.15) is 0 Å². The first-order chi connectivity index (χ1) is 21.9. The van der Waals surface area contributed by atoms with Crippen molar-refractivity contribution in [2.24, 2.45) is 10.2 Å². The Morgan fingerprint density at radius 2 is 1.52 bits per heavy atom. The first-order valence-electron chi connectivity index (χ1n) is 15.8. The van der Waals surface area contributed by atoms with E-state index in [1.807, 2.05) is 43.3 Å². The van der Waals surface area contributed by atoms with E-state index >= 15 is 0 Å². The van der Waals surface area contributed by atoms with Gasteiger partial charge in [0.05, 0.1) is 22.8 Å². The van der Waals surface area contributed by atoms with E-state index in [-0.39, 0.29) is 17.2 Å². The van der Waals surface area contributed by atoms with Crippen molar-refractivity contribution in [3.63, 3.8) is 0 Å². The molecule has 5 rings (SSSR count). The van der Waals surface area contributed by atoms with Crippen LogP contribution in [-0.4, -0.2) is 36.5 Å². The zero-order valence-electron chi connectivity index (χ0n) is 27.3. The Hall–Kier alpha value is -4.37. The van der Waals surface area contributed by atoms with E-state index in [0.717, 1.165) is 35.2 Å². The van der Waals surface area contributed by atoms with E-state index in [1.54, 1.807) is 30.0 Å². The van der Waals surface area contributed by atoms with E-state index in [9.17, 15) is 13.2 Å². The van der Waals surface area contributed by atoms with Gasteiger partial charge in [-0.1, -0.05) is 105 Å². The van der Waals surface area contributed by atoms with E-state index in [4.69, 9.17) is 0 Å². The van der Waals surface area contributed by atoms with Crippen LogP contribution in [0, 0.1) is 6.92 Å². The van der Waals surface area contributed by atoms with Crippen LogP contribution in [0.25, 0.3) is 11.3 Å². The van der Waals surface area contributed by atoms with Crippen molar-refractivity contribution in [3.8, 4) is 11.3 Å². The fourth-order valence-electron chi connectivity index (χ4n) is 5.95. The number of urea groups is 1. The first-order valence-corrected chi connectivity index (χ1v) is 17.5. The molecule has 0 bridgehead atoms. The molecule has 8 nitrogen and oxygen atoms in total. The van der Waals surface area contributed by atoms with E-state index < -0.39 is 15.7 Å². The van der Waals surface area contributed by atoms with Crippen molar-refractivity contribution in [1.29, 1.82) is 0 Å². The Bertz CT molecular complexity index is 1800. The zero-order valence-corrected chi connectivity index (χ0v) is 28.1. The number of benzene rings is 3. The standard InChI is InChI=1S/C37H43N5O3S/c1-6-42-35(43)39-41-37(42,25-29-16-20-32(21-17-29)36(3,4)5)24-10-13-28-14-18-31(19-15-28)34-23-22-33(27(2)38-34)40-46(44,45)26-30-11-8-7-9-12-30/h7-9,11-12,14-23,40H,6,10,13,24-26H2,1-5H3. The molecular formula is C37H43N5O3S. The topological polar surface area (TPSA) is 104 Å². The number of nitrogens with one attached hydrogen (secondary N) is 1. The van der Waals surface area contributed by atoms with Crippen molar-refractivity contribution >= 4 is 21.7 Å². The molecule has 9 heteroatoms. The SMILES string of the molecule is CCN1C(=O)N=NC1(CCCc1ccc(-c2ccc(NS(=O)(=O)Cc3ccccc3)c(C)n2)cc1)Cc1ccc(C(C)(C)C)cc1. The maximum atomic E-state index is 12.7. The summed E-state index contributed by atoms with van der Waals surface area (Å²) in [5.74, 6) is -0.0994. The normalized spacial score (nSPS) is 16.6. The van der Waals surface area contributed by atoms with Crippen LogP contribution in [0.4, 0.5) is 10.5 Å². The summed E-state index contributed by atoms with van der Waals surface area (Å²) < 4.78 is 28.1. The van der Waals surface area contributed by atoms with Gasteiger partial charge in [0, 0.05) is 18.5 Å². The molecule has 240 valence electrons. The number of likely N-dealkylation sites (N-methyl/N-ethyl adjacent to an activating group) is 1. The highest BCUT2D eigenvalue weighted by molar-refractivity contribution is 7.91. The van der Waals surface area contributed by atoms with Crippen molar-refractivity contribution in [3.05, 3.63) is 119 Å². The molecule has 1 atom stereocenters. The number of aromatic nitrogens is 1. The number of azo groups is 1. The van der Waals surface area contributed by atoms with Crippen molar-refractivity contribution < 1.29 is 13.2 Å². The minimum atomic E-state index is -3.57. The number of hydrogen-bond acceptors (Lipinski definition) is 5. The second kappa shape index (κ2) is 13.5. The number of pyridine rings is 1. The molecule has 1 aromatic heterocycles. The van der Waals surface area contributed by atoms with Crippen LogP contribution in [0.15, 0.2) is 101 Å². The lowest BCUT2D eigenvalue weighted by molar-refractivity contribution is 0.138. The number of carbonyl (C=O) groups is 1. The predicted octanol–water partition coefficient (Wildman–Crippen LogP) is 8.47. The third-order valence-corrected chi connectivity index (χ3v) is 9.77. The third kappa shape index (κ3) is 7.88. The molecule has 1 unspecified atom stereocenters. The molecular weight excluding hydrogens is 595 g/mol. The second-order valence-corrected chi connectivity index (χ2v) is 14.8.